The molecule has 0 aliphatic carbocycles. The van der Waals surface area contributed by atoms with Gasteiger partial charge in [0.25, 0.3) is 5.69 Å². The second-order valence-electron chi connectivity index (χ2n) is 2.80. The highest BCUT2D eigenvalue weighted by Crippen LogP contribution is 2.23. The van der Waals surface area contributed by atoms with Crippen LogP contribution < -0.4 is 5.32 Å². The van der Waals surface area contributed by atoms with E-state index in [4.69, 9.17) is 6.42 Å². The summed E-state index contributed by atoms with van der Waals surface area (Å²) in [5.41, 5.74) is 0.971. The third kappa shape index (κ3) is 3.40. The van der Waals surface area contributed by atoms with Crippen molar-refractivity contribution in [1.82, 2.24) is 0 Å². The number of non-ortho nitro benzene ring substituents is 1. The Bertz CT molecular complexity index is 412. The Morgan fingerprint density at radius 1 is 1.60 bits per heavy atom. The Labute approximate surface area is 101 Å². The molecular weight excluding hydrogens is 307 g/mol. The Morgan fingerprint density at radius 2 is 2.33 bits per heavy atom. The van der Waals surface area contributed by atoms with Gasteiger partial charge in [-0.3, -0.25) is 10.1 Å². The molecule has 0 saturated heterocycles. The van der Waals surface area contributed by atoms with E-state index in [0.29, 0.717) is 13.0 Å². The molecular formula is C10H9IN2O2. The number of hydrogen-bond acceptors (Lipinski definition) is 3. The smallest absolute Gasteiger partial charge is 0.270 e. The molecule has 1 aromatic rings. The molecule has 0 amide bonds. The van der Waals surface area contributed by atoms with Gasteiger partial charge in [0.15, 0.2) is 0 Å². The average molecular weight is 316 g/mol. The van der Waals surface area contributed by atoms with E-state index in [1.54, 1.807) is 6.07 Å². The summed E-state index contributed by atoms with van der Waals surface area (Å²) in [4.78, 5) is 10.1. The number of terminal acetylenes is 1. The Balaban J connectivity index is 2.76. The first-order chi connectivity index (χ1) is 7.15. The summed E-state index contributed by atoms with van der Waals surface area (Å²) in [6.07, 6.45) is 5.75. The number of benzene rings is 1. The molecule has 1 N–H and O–H groups in total. The lowest BCUT2D eigenvalue weighted by Gasteiger charge is -2.06. The maximum absolute atomic E-state index is 10.5. The third-order valence-corrected chi connectivity index (χ3v) is 2.64. The Hall–Kier alpha value is -1.29. The predicted octanol–water partition coefficient (Wildman–Crippen LogP) is 2.63. The minimum atomic E-state index is -0.409. The molecule has 1 rings (SSSR count). The fourth-order valence-corrected chi connectivity index (χ4v) is 1.72. The molecule has 0 aliphatic rings. The van der Waals surface area contributed by atoms with Crippen LogP contribution in [0, 0.1) is 26.0 Å². The summed E-state index contributed by atoms with van der Waals surface area (Å²) in [6, 6.07) is 4.69. The monoisotopic (exact) mass is 316 g/mol. The van der Waals surface area contributed by atoms with Crippen molar-refractivity contribution in [1.29, 1.82) is 0 Å². The minimum Gasteiger partial charge on any atom is -0.383 e. The van der Waals surface area contributed by atoms with Crippen LogP contribution in [0.2, 0.25) is 0 Å². The lowest BCUT2D eigenvalue weighted by atomic mass is 10.3. The van der Waals surface area contributed by atoms with E-state index in [9.17, 15) is 10.1 Å². The van der Waals surface area contributed by atoms with Crippen LogP contribution in [0.4, 0.5) is 11.4 Å². The van der Waals surface area contributed by atoms with Crippen LogP contribution in [0.1, 0.15) is 6.42 Å². The van der Waals surface area contributed by atoms with Crippen molar-refractivity contribution in [2.75, 3.05) is 11.9 Å². The number of halogens is 1. The van der Waals surface area contributed by atoms with Crippen LogP contribution in [0.25, 0.3) is 0 Å². The molecule has 1 aromatic carbocycles. The van der Waals surface area contributed by atoms with Crippen molar-refractivity contribution < 1.29 is 4.92 Å². The van der Waals surface area contributed by atoms with Gasteiger partial charge in [0.05, 0.1) is 4.92 Å². The number of rotatable bonds is 4. The van der Waals surface area contributed by atoms with Gasteiger partial charge in [0, 0.05) is 34.4 Å². The lowest BCUT2D eigenvalue weighted by Crippen LogP contribution is -2.02. The molecule has 0 atom stereocenters. The molecule has 0 unspecified atom stereocenters. The van der Waals surface area contributed by atoms with E-state index >= 15 is 0 Å². The van der Waals surface area contributed by atoms with Gasteiger partial charge in [-0.15, -0.1) is 12.3 Å². The van der Waals surface area contributed by atoms with Gasteiger partial charge >= 0.3 is 0 Å². The SMILES string of the molecule is C#CCCNc1ccc([N+](=O)[O-])cc1I. The van der Waals surface area contributed by atoms with Crippen molar-refractivity contribution in [3.63, 3.8) is 0 Å². The van der Waals surface area contributed by atoms with Crippen molar-refractivity contribution in [2.45, 2.75) is 6.42 Å². The first kappa shape index (κ1) is 11.8. The predicted molar refractivity (Wildman–Crippen MR) is 67.8 cm³/mol. The zero-order valence-electron chi connectivity index (χ0n) is 7.87. The number of anilines is 1. The molecule has 0 saturated carbocycles. The highest BCUT2D eigenvalue weighted by Gasteiger charge is 2.07. The number of nitro benzene ring substituents is 1. The Kier molecular flexibility index (Phi) is 4.37. The van der Waals surface area contributed by atoms with Crippen molar-refractivity contribution in [3.8, 4) is 12.3 Å². The highest BCUT2D eigenvalue weighted by molar-refractivity contribution is 14.1. The number of nitrogens with one attached hydrogen (secondary N) is 1. The fourth-order valence-electron chi connectivity index (χ4n) is 1.03. The van der Waals surface area contributed by atoms with E-state index in [2.05, 4.69) is 33.8 Å². The third-order valence-electron chi connectivity index (χ3n) is 1.75. The van der Waals surface area contributed by atoms with E-state index in [1.165, 1.54) is 12.1 Å². The van der Waals surface area contributed by atoms with Gasteiger partial charge in [0.1, 0.15) is 0 Å². The van der Waals surface area contributed by atoms with E-state index < -0.39 is 4.92 Å². The van der Waals surface area contributed by atoms with Crippen molar-refractivity contribution in [3.05, 3.63) is 31.9 Å². The standard InChI is InChI=1S/C10H9IN2O2/c1-2-3-6-12-10-5-4-8(13(14)15)7-9(10)11/h1,4-5,7,12H,3,6H2. The molecule has 78 valence electrons. The van der Waals surface area contributed by atoms with E-state index in [0.717, 1.165) is 9.26 Å². The van der Waals surface area contributed by atoms with Gasteiger partial charge in [-0.05, 0) is 28.7 Å². The summed E-state index contributed by atoms with van der Waals surface area (Å²) >= 11 is 2.05. The van der Waals surface area contributed by atoms with E-state index in [1.807, 2.05) is 0 Å². The summed E-state index contributed by atoms with van der Waals surface area (Å²) < 4.78 is 0.818. The van der Waals surface area contributed by atoms with Crippen LogP contribution >= 0.6 is 22.6 Å². The van der Waals surface area contributed by atoms with Gasteiger partial charge in [0.2, 0.25) is 0 Å². The average Bonchev–Trinajstić information content (AvgIpc) is 2.20. The first-order valence-corrected chi connectivity index (χ1v) is 5.34. The van der Waals surface area contributed by atoms with Crippen LogP contribution in [-0.2, 0) is 0 Å². The topological polar surface area (TPSA) is 55.2 Å². The number of nitro groups is 1. The molecule has 0 heterocycles. The lowest BCUT2D eigenvalue weighted by molar-refractivity contribution is -0.384. The first-order valence-electron chi connectivity index (χ1n) is 4.26. The molecule has 0 aromatic heterocycles. The van der Waals surface area contributed by atoms with Crippen LogP contribution in [0.5, 0.6) is 0 Å². The molecule has 15 heavy (non-hydrogen) atoms. The molecule has 0 aliphatic heterocycles. The normalized spacial score (nSPS) is 9.33. The van der Waals surface area contributed by atoms with Gasteiger partial charge in [-0.1, -0.05) is 0 Å². The van der Waals surface area contributed by atoms with E-state index in [-0.39, 0.29) is 5.69 Å². The minimum absolute atomic E-state index is 0.0990. The fraction of sp³-hybridized carbons (Fsp3) is 0.200. The zero-order chi connectivity index (χ0) is 11.3. The Morgan fingerprint density at radius 3 is 2.87 bits per heavy atom. The quantitative estimate of drug-likeness (QED) is 0.305. The molecule has 0 bridgehead atoms. The summed E-state index contributed by atoms with van der Waals surface area (Å²) in [7, 11) is 0. The van der Waals surface area contributed by atoms with Crippen molar-refractivity contribution >= 4 is 34.0 Å². The summed E-state index contributed by atoms with van der Waals surface area (Å²) in [5.74, 6) is 2.51. The van der Waals surface area contributed by atoms with Gasteiger partial charge < -0.3 is 5.32 Å². The summed E-state index contributed by atoms with van der Waals surface area (Å²) in [5, 5.41) is 13.6. The second-order valence-corrected chi connectivity index (χ2v) is 3.96. The second kappa shape index (κ2) is 5.56. The van der Waals surface area contributed by atoms with Gasteiger partial charge in [-0.2, -0.15) is 0 Å². The molecule has 0 spiro atoms. The summed E-state index contributed by atoms with van der Waals surface area (Å²) in [6.45, 7) is 0.671. The number of nitrogens with zero attached hydrogens (tertiary/aromatic N) is 1. The number of hydrogen-bond donors (Lipinski definition) is 1. The van der Waals surface area contributed by atoms with Crippen molar-refractivity contribution in [2.24, 2.45) is 0 Å². The molecule has 5 heteroatoms. The zero-order valence-corrected chi connectivity index (χ0v) is 10.0. The van der Waals surface area contributed by atoms with Crippen LogP contribution in [0.3, 0.4) is 0 Å². The van der Waals surface area contributed by atoms with Gasteiger partial charge in [-0.25, -0.2) is 0 Å². The molecule has 0 fully saturated rings. The maximum atomic E-state index is 10.5. The largest absolute Gasteiger partial charge is 0.383 e. The highest BCUT2D eigenvalue weighted by atomic mass is 127. The van der Waals surface area contributed by atoms with Crippen LogP contribution in [-0.4, -0.2) is 11.5 Å². The molecule has 4 nitrogen and oxygen atoms in total. The maximum Gasteiger partial charge on any atom is 0.270 e. The molecule has 0 radical (unpaired) electrons. The van der Waals surface area contributed by atoms with Crippen LogP contribution in [0.15, 0.2) is 18.2 Å².